The normalized spacial score (nSPS) is 16.0. The van der Waals surface area contributed by atoms with Crippen LogP contribution >= 0.6 is 0 Å². The van der Waals surface area contributed by atoms with Gasteiger partial charge in [0.1, 0.15) is 17.3 Å². The van der Waals surface area contributed by atoms with Crippen molar-refractivity contribution in [2.45, 2.75) is 37.5 Å². The zero-order valence-corrected chi connectivity index (χ0v) is 14.5. The number of benzene rings is 2. The van der Waals surface area contributed by atoms with Gasteiger partial charge in [0.2, 0.25) is 0 Å². The smallest absolute Gasteiger partial charge is 0.338 e. The first-order valence-electron chi connectivity index (χ1n) is 8.24. The minimum absolute atomic E-state index is 0.312. The number of rotatable bonds is 3. The van der Waals surface area contributed by atoms with Crippen LogP contribution in [0.4, 0.5) is 0 Å². The van der Waals surface area contributed by atoms with Crippen molar-refractivity contribution >= 4 is 27.6 Å². The molecule has 2 nitrogen and oxygen atoms in total. The van der Waals surface area contributed by atoms with Crippen molar-refractivity contribution in [3.8, 4) is 5.75 Å². The second-order valence-electron chi connectivity index (χ2n) is 6.09. The molecular formula is C20H23O2S+. The highest BCUT2D eigenvalue weighted by Crippen LogP contribution is 2.34. The third kappa shape index (κ3) is 3.61. The van der Waals surface area contributed by atoms with E-state index < -0.39 is 0 Å². The molecule has 1 fully saturated rings. The van der Waals surface area contributed by atoms with Crippen LogP contribution in [0, 0.1) is 0 Å². The Morgan fingerprint density at radius 3 is 2.30 bits per heavy atom. The number of carbonyl (C=O) groups is 1. The van der Waals surface area contributed by atoms with Gasteiger partial charge in [0.25, 0.3) is 0 Å². The molecule has 3 rings (SSSR count). The Morgan fingerprint density at radius 1 is 1.00 bits per heavy atom. The predicted molar refractivity (Wildman–Crippen MR) is 98.2 cm³/mol. The molecular weight excluding hydrogens is 304 g/mol. The quantitative estimate of drug-likeness (QED) is 0.348. The van der Waals surface area contributed by atoms with Gasteiger partial charge in [0, 0.05) is 27.2 Å². The largest absolute Gasteiger partial charge is 0.423 e. The average molecular weight is 327 g/mol. The Balaban J connectivity index is 2.01. The van der Waals surface area contributed by atoms with Crippen LogP contribution in [-0.2, 0) is 15.7 Å². The standard InChI is InChI=1S/C20H23O2S/c1-15(2)20(21)22-18-11-12-19(17-10-6-5-9-16(17)18)23-13-7-3-4-8-14-23/h5-6,9-12H,1,3-4,7-8,13-14H2,2H3/q+1. The molecule has 0 unspecified atom stereocenters. The Bertz CT molecular complexity index is 727. The topological polar surface area (TPSA) is 26.3 Å². The Morgan fingerprint density at radius 2 is 1.65 bits per heavy atom. The molecule has 1 aliphatic heterocycles. The molecule has 0 atom stereocenters. The van der Waals surface area contributed by atoms with Crippen molar-refractivity contribution in [1.82, 2.24) is 0 Å². The van der Waals surface area contributed by atoms with E-state index in [1.807, 2.05) is 18.2 Å². The lowest BCUT2D eigenvalue weighted by atomic mass is 10.1. The first-order chi connectivity index (χ1) is 11.2. The summed E-state index contributed by atoms with van der Waals surface area (Å²) in [5.41, 5.74) is 0.420. The SMILES string of the molecule is C=C(C)C(=O)Oc1ccc([S+]2CCCCCC2)c2ccccc12. The first-order valence-corrected chi connectivity index (χ1v) is 9.80. The second-order valence-corrected chi connectivity index (χ2v) is 8.33. The number of esters is 1. The molecule has 0 saturated carbocycles. The fourth-order valence-corrected chi connectivity index (χ4v) is 5.50. The molecule has 0 spiro atoms. The van der Waals surface area contributed by atoms with Gasteiger partial charge in [-0.05, 0) is 50.8 Å². The summed E-state index contributed by atoms with van der Waals surface area (Å²) in [6, 6.07) is 12.4. The van der Waals surface area contributed by atoms with Gasteiger partial charge in [0.15, 0.2) is 4.90 Å². The van der Waals surface area contributed by atoms with E-state index in [0.717, 1.165) is 5.39 Å². The van der Waals surface area contributed by atoms with Crippen LogP contribution in [0.1, 0.15) is 32.6 Å². The van der Waals surface area contributed by atoms with Gasteiger partial charge < -0.3 is 4.74 Å². The molecule has 120 valence electrons. The van der Waals surface area contributed by atoms with Gasteiger partial charge >= 0.3 is 5.97 Å². The van der Waals surface area contributed by atoms with E-state index >= 15 is 0 Å². The van der Waals surface area contributed by atoms with Crippen molar-refractivity contribution in [3.05, 3.63) is 48.6 Å². The van der Waals surface area contributed by atoms with Gasteiger partial charge in [0.05, 0.1) is 0 Å². The first kappa shape index (κ1) is 16.1. The maximum Gasteiger partial charge on any atom is 0.338 e. The molecule has 0 aliphatic carbocycles. The van der Waals surface area contributed by atoms with Crippen LogP contribution in [0.3, 0.4) is 0 Å². The molecule has 0 radical (unpaired) electrons. The van der Waals surface area contributed by atoms with E-state index in [1.54, 1.807) is 6.92 Å². The highest BCUT2D eigenvalue weighted by molar-refractivity contribution is 7.97. The molecule has 1 saturated heterocycles. The summed E-state index contributed by atoms with van der Waals surface area (Å²) in [5.74, 6) is 2.85. The van der Waals surface area contributed by atoms with Crippen molar-refractivity contribution in [2.24, 2.45) is 0 Å². The summed E-state index contributed by atoms with van der Waals surface area (Å²) in [7, 11) is 0.312. The number of fused-ring (bicyclic) bond motifs is 1. The average Bonchev–Trinajstić information content (AvgIpc) is 2.84. The van der Waals surface area contributed by atoms with Gasteiger partial charge in [-0.25, -0.2) is 4.79 Å². The van der Waals surface area contributed by atoms with Crippen molar-refractivity contribution < 1.29 is 9.53 Å². The Hall–Kier alpha value is -1.74. The lowest BCUT2D eigenvalue weighted by Gasteiger charge is -2.12. The molecule has 2 aromatic rings. The minimum atomic E-state index is -0.361. The number of carbonyl (C=O) groups excluding carboxylic acids is 1. The third-order valence-corrected chi connectivity index (χ3v) is 6.78. The van der Waals surface area contributed by atoms with Crippen LogP contribution in [0.15, 0.2) is 53.4 Å². The predicted octanol–water partition coefficient (Wildman–Crippen LogP) is 4.87. The molecule has 1 aliphatic rings. The zero-order valence-electron chi connectivity index (χ0n) is 13.6. The van der Waals surface area contributed by atoms with Crippen LogP contribution in [0.5, 0.6) is 5.75 Å². The van der Waals surface area contributed by atoms with Crippen LogP contribution in [0.25, 0.3) is 10.8 Å². The van der Waals surface area contributed by atoms with Gasteiger partial charge in [-0.2, -0.15) is 0 Å². The Labute approximate surface area is 140 Å². The van der Waals surface area contributed by atoms with Gasteiger partial charge in [-0.1, -0.05) is 24.8 Å². The number of ether oxygens (including phenoxy) is 1. The van der Waals surface area contributed by atoms with E-state index in [4.69, 9.17) is 4.74 Å². The monoisotopic (exact) mass is 327 g/mol. The second kappa shape index (κ2) is 7.22. The minimum Gasteiger partial charge on any atom is -0.423 e. The summed E-state index contributed by atoms with van der Waals surface area (Å²) < 4.78 is 5.52. The molecule has 0 bridgehead atoms. The zero-order chi connectivity index (χ0) is 16.2. The summed E-state index contributed by atoms with van der Waals surface area (Å²) in [5, 5.41) is 2.25. The fourth-order valence-electron chi connectivity index (χ4n) is 3.00. The van der Waals surface area contributed by atoms with E-state index in [9.17, 15) is 4.79 Å². The van der Waals surface area contributed by atoms with E-state index in [2.05, 4.69) is 24.8 Å². The van der Waals surface area contributed by atoms with Crippen molar-refractivity contribution in [2.75, 3.05) is 11.5 Å². The Kier molecular flexibility index (Phi) is 5.06. The third-order valence-electron chi connectivity index (χ3n) is 4.24. The molecule has 2 aromatic carbocycles. The number of hydrogen-bond acceptors (Lipinski definition) is 2. The summed E-state index contributed by atoms with van der Waals surface area (Å²) in [4.78, 5) is 13.3. The van der Waals surface area contributed by atoms with Crippen LogP contribution in [-0.4, -0.2) is 17.5 Å². The molecule has 0 N–H and O–H groups in total. The fraction of sp³-hybridized carbons (Fsp3) is 0.350. The van der Waals surface area contributed by atoms with Gasteiger partial charge in [-0.15, -0.1) is 0 Å². The van der Waals surface area contributed by atoms with E-state index in [-0.39, 0.29) is 5.97 Å². The molecule has 0 amide bonds. The van der Waals surface area contributed by atoms with E-state index in [1.165, 1.54) is 47.5 Å². The highest BCUT2D eigenvalue weighted by Gasteiger charge is 2.26. The molecule has 0 aromatic heterocycles. The number of hydrogen-bond donors (Lipinski definition) is 0. The maximum absolute atomic E-state index is 11.9. The molecule has 1 heterocycles. The summed E-state index contributed by atoms with van der Waals surface area (Å²) >= 11 is 0. The van der Waals surface area contributed by atoms with Crippen LogP contribution < -0.4 is 4.74 Å². The summed E-state index contributed by atoms with van der Waals surface area (Å²) in [6.07, 6.45) is 5.36. The lowest BCUT2D eigenvalue weighted by Crippen LogP contribution is -2.12. The van der Waals surface area contributed by atoms with Crippen LogP contribution in [0.2, 0.25) is 0 Å². The van der Waals surface area contributed by atoms with E-state index in [0.29, 0.717) is 22.2 Å². The highest BCUT2D eigenvalue weighted by atomic mass is 32.2. The van der Waals surface area contributed by atoms with Gasteiger partial charge in [-0.3, -0.25) is 0 Å². The lowest BCUT2D eigenvalue weighted by molar-refractivity contribution is -0.129. The molecule has 23 heavy (non-hydrogen) atoms. The summed E-state index contributed by atoms with van der Waals surface area (Å²) in [6.45, 7) is 5.33. The van der Waals surface area contributed by atoms with Crippen molar-refractivity contribution in [1.29, 1.82) is 0 Å². The van der Waals surface area contributed by atoms with Crippen molar-refractivity contribution in [3.63, 3.8) is 0 Å². The maximum atomic E-state index is 11.9. The molecule has 3 heteroatoms.